The van der Waals surface area contributed by atoms with Crippen molar-refractivity contribution in [1.29, 1.82) is 0 Å². The minimum absolute atomic E-state index is 0.646. The summed E-state index contributed by atoms with van der Waals surface area (Å²) in [5, 5.41) is 13.0. The molecule has 0 spiro atoms. The molecule has 2 aromatic heterocycles. The Morgan fingerprint density at radius 1 is 1.57 bits per heavy atom. The normalized spacial score (nSPS) is 10.0. The summed E-state index contributed by atoms with van der Waals surface area (Å²) >= 11 is 1.51. The van der Waals surface area contributed by atoms with Crippen LogP contribution in [0.4, 0.5) is 5.13 Å². The quantitative estimate of drug-likeness (QED) is 0.776. The topological polar surface area (TPSA) is 63.8 Å². The predicted molar refractivity (Wildman–Crippen MR) is 54.1 cm³/mol. The van der Waals surface area contributed by atoms with Crippen LogP contribution >= 0.6 is 11.3 Å². The van der Waals surface area contributed by atoms with E-state index in [0.717, 1.165) is 10.8 Å². The van der Waals surface area contributed by atoms with Crippen LogP contribution in [-0.4, -0.2) is 21.8 Å². The highest BCUT2D eigenvalue weighted by Gasteiger charge is 2.06. The molecule has 0 unspecified atom stereocenters. The Hall–Kier alpha value is -1.69. The van der Waals surface area contributed by atoms with E-state index in [1.807, 2.05) is 5.38 Å². The number of hydrogen-bond acceptors (Lipinski definition) is 6. The van der Waals surface area contributed by atoms with Gasteiger partial charge in [-0.15, -0.1) is 17.9 Å². The number of hydrogen-bond donors (Lipinski definition) is 1. The van der Waals surface area contributed by atoms with Gasteiger partial charge in [-0.25, -0.2) is 9.61 Å². The van der Waals surface area contributed by atoms with Crippen molar-refractivity contribution in [3.05, 3.63) is 24.2 Å². The van der Waals surface area contributed by atoms with Gasteiger partial charge in [0.25, 0.3) is 0 Å². The Morgan fingerprint density at radius 2 is 2.50 bits per heavy atom. The van der Waals surface area contributed by atoms with E-state index in [1.54, 1.807) is 6.08 Å². The van der Waals surface area contributed by atoms with E-state index >= 15 is 0 Å². The third-order valence-electron chi connectivity index (χ3n) is 1.53. The van der Waals surface area contributed by atoms with Crippen LogP contribution in [-0.2, 0) is 0 Å². The molecule has 0 aliphatic carbocycles. The van der Waals surface area contributed by atoms with Crippen molar-refractivity contribution >= 4 is 16.5 Å². The summed E-state index contributed by atoms with van der Waals surface area (Å²) in [5.41, 5.74) is 1.41. The van der Waals surface area contributed by atoms with Crippen LogP contribution in [0.3, 0.4) is 0 Å². The first-order valence-electron chi connectivity index (χ1n) is 3.98. The van der Waals surface area contributed by atoms with Crippen molar-refractivity contribution in [2.24, 2.45) is 0 Å². The van der Waals surface area contributed by atoms with E-state index < -0.39 is 0 Å². The fraction of sp³-hybridized carbons (Fsp3) is 0.125. The van der Waals surface area contributed by atoms with Crippen molar-refractivity contribution < 1.29 is 4.63 Å². The Kier molecular flexibility index (Phi) is 2.55. The molecule has 6 heteroatoms. The van der Waals surface area contributed by atoms with Gasteiger partial charge in [0, 0.05) is 11.9 Å². The van der Waals surface area contributed by atoms with Gasteiger partial charge in [-0.1, -0.05) is 11.2 Å². The van der Waals surface area contributed by atoms with E-state index in [4.69, 9.17) is 0 Å². The van der Waals surface area contributed by atoms with Crippen molar-refractivity contribution in [2.45, 2.75) is 0 Å². The first-order valence-corrected chi connectivity index (χ1v) is 4.86. The molecule has 0 aliphatic heterocycles. The van der Waals surface area contributed by atoms with Crippen molar-refractivity contribution in [3.8, 4) is 11.4 Å². The number of nitrogens with zero attached hydrogens (tertiary/aromatic N) is 3. The minimum Gasteiger partial charge on any atom is -0.358 e. The lowest BCUT2D eigenvalue weighted by Gasteiger charge is -1.94. The van der Waals surface area contributed by atoms with E-state index in [9.17, 15) is 0 Å². The average molecular weight is 208 g/mol. The van der Waals surface area contributed by atoms with Gasteiger partial charge in [0.2, 0.25) is 0 Å². The van der Waals surface area contributed by atoms with Crippen molar-refractivity contribution in [1.82, 2.24) is 15.3 Å². The summed E-state index contributed by atoms with van der Waals surface area (Å²) in [5.74, 6) is 0. The van der Waals surface area contributed by atoms with Crippen LogP contribution < -0.4 is 5.32 Å². The van der Waals surface area contributed by atoms with Crippen molar-refractivity contribution in [3.63, 3.8) is 0 Å². The van der Waals surface area contributed by atoms with Crippen molar-refractivity contribution in [2.75, 3.05) is 11.9 Å². The van der Waals surface area contributed by atoms with Gasteiger partial charge in [-0.2, -0.15) is 0 Å². The molecule has 1 N–H and O–H groups in total. The Balaban J connectivity index is 2.14. The second-order valence-electron chi connectivity index (χ2n) is 2.50. The first kappa shape index (κ1) is 8.89. The molecule has 0 saturated carbocycles. The lowest BCUT2D eigenvalue weighted by Crippen LogP contribution is -1.96. The average Bonchev–Trinajstić information content (AvgIpc) is 2.85. The molecule has 2 rings (SSSR count). The zero-order valence-electron chi connectivity index (χ0n) is 7.30. The fourth-order valence-corrected chi connectivity index (χ4v) is 1.62. The molecule has 0 saturated heterocycles. The summed E-state index contributed by atoms with van der Waals surface area (Å²) in [7, 11) is 0. The molecule has 0 bridgehead atoms. The number of rotatable bonds is 4. The first-order chi connectivity index (χ1) is 6.90. The monoisotopic (exact) mass is 208 g/mol. The third kappa shape index (κ3) is 1.80. The zero-order valence-corrected chi connectivity index (χ0v) is 8.12. The molecule has 0 fully saturated rings. The highest BCUT2D eigenvalue weighted by Crippen LogP contribution is 2.22. The predicted octanol–water partition coefficient (Wildman–Crippen LogP) is 1.79. The summed E-state index contributed by atoms with van der Waals surface area (Å²) in [6.07, 6.45) is 3.31. The number of aromatic nitrogens is 3. The third-order valence-corrected chi connectivity index (χ3v) is 2.33. The second-order valence-corrected chi connectivity index (χ2v) is 3.36. The molecule has 0 radical (unpaired) electrons. The standard InChI is InChI=1S/C8H8N4OS/c1-2-3-9-8-11-7(5-14-8)6-4-10-13-12-6/h2,4-5H,1,3H2,(H,9,11). The van der Waals surface area contributed by atoms with Crippen LogP contribution in [0.2, 0.25) is 0 Å². The molecule has 0 amide bonds. The smallest absolute Gasteiger partial charge is 0.183 e. The van der Waals surface area contributed by atoms with Gasteiger partial charge < -0.3 is 5.32 Å². The van der Waals surface area contributed by atoms with Gasteiger partial charge >= 0.3 is 0 Å². The molecule has 2 aromatic rings. The molecule has 5 nitrogen and oxygen atoms in total. The largest absolute Gasteiger partial charge is 0.358 e. The highest BCUT2D eigenvalue weighted by atomic mass is 32.1. The van der Waals surface area contributed by atoms with Gasteiger partial charge in [-0.3, -0.25) is 0 Å². The molecule has 2 heterocycles. The molecule has 72 valence electrons. The van der Waals surface area contributed by atoms with E-state index in [-0.39, 0.29) is 0 Å². The summed E-state index contributed by atoms with van der Waals surface area (Å²) < 4.78 is 4.49. The van der Waals surface area contributed by atoms with Crippen LogP contribution in [0.1, 0.15) is 0 Å². The number of thiazole rings is 1. The van der Waals surface area contributed by atoms with E-state index in [0.29, 0.717) is 12.2 Å². The number of nitrogens with one attached hydrogen (secondary N) is 1. The molecule has 0 aliphatic rings. The van der Waals surface area contributed by atoms with E-state index in [1.165, 1.54) is 17.5 Å². The Morgan fingerprint density at radius 3 is 3.21 bits per heavy atom. The fourth-order valence-electron chi connectivity index (χ4n) is 0.910. The molecular weight excluding hydrogens is 200 g/mol. The SMILES string of the molecule is C=CCNc1nc(-c2cnon2)cs1. The van der Waals surface area contributed by atoms with Crippen LogP contribution in [0.5, 0.6) is 0 Å². The summed E-state index contributed by atoms with van der Waals surface area (Å²) in [6.45, 7) is 4.31. The Bertz CT molecular complexity index is 409. The summed E-state index contributed by atoms with van der Waals surface area (Å²) in [4.78, 5) is 4.29. The van der Waals surface area contributed by atoms with Gasteiger partial charge in [-0.05, 0) is 5.16 Å². The van der Waals surface area contributed by atoms with Crippen LogP contribution in [0.15, 0.2) is 28.9 Å². The maximum atomic E-state index is 4.49. The second kappa shape index (κ2) is 4.01. The maximum absolute atomic E-state index is 4.49. The maximum Gasteiger partial charge on any atom is 0.183 e. The van der Waals surface area contributed by atoms with Gasteiger partial charge in [0.15, 0.2) is 10.8 Å². The highest BCUT2D eigenvalue weighted by molar-refractivity contribution is 7.14. The zero-order chi connectivity index (χ0) is 9.80. The summed E-state index contributed by atoms with van der Waals surface area (Å²) in [6, 6.07) is 0. The lowest BCUT2D eigenvalue weighted by atomic mass is 10.4. The van der Waals surface area contributed by atoms with Gasteiger partial charge in [0.05, 0.1) is 0 Å². The Labute approximate surface area is 84.4 Å². The number of anilines is 1. The molecule has 0 atom stereocenters. The molecule has 0 aromatic carbocycles. The molecule has 14 heavy (non-hydrogen) atoms. The molecular formula is C8H8N4OS. The van der Waals surface area contributed by atoms with Crippen LogP contribution in [0, 0.1) is 0 Å². The van der Waals surface area contributed by atoms with Gasteiger partial charge in [0.1, 0.15) is 11.9 Å². The van der Waals surface area contributed by atoms with Crippen LogP contribution in [0.25, 0.3) is 11.4 Å². The van der Waals surface area contributed by atoms with E-state index in [2.05, 4.69) is 31.8 Å². The minimum atomic E-state index is 0.646. The lowest BCUT2D eigenvalue weighted by molar-refractivity contribution is 0.308.